The first-order valence-electron chi connectivity index (χ1n) is 11.3. The van der Waals surface area contributed by atoms with E-state index in [-0.39, 0.29) is 41.1 Å². The molecule has 2 N–H and O–H groups in total. The Morgan fingerprint density at radius 2 is 1.70 bits per heavy atom. The van der Waals surface area contributed by atoms with Crippen LogP contribution in [0, 0.1) is 0 Å². The minimum absolute atomic E-state index is 0.0648. The predicted octanol–water partition coefficient (Wildman–Crippen LogP) is 4.49. The van der Waals surface area contributed by atoms with Gasteiger partial charge in [0.25, 0.3) is 5.91 Å². The molecule has 0 aliphatic heterocycles. The average Bonchev–Trinajstić information content (AvgIpc) is 3.68. The number of ether oxygens (including phenoxy) is 3. The van der Waals surface area contributed by atoms with Crippen LogP contribution in [-0.4, -0.2) is 36.6 Å². The molecule has 0 saturated heterocycles. The van der Waals surface area contributed by atoms with E-state index in [0.717, 1.165) is 6.07 Å². The average molecular weight is 515 g/mol. The van der Waals surface area contributed by atoms with Gasteiger partial charge in [0.05, 0.1) is 14.2 Å². The third-order valence-corrected chi connectivity index (χ3v) is 5.84. The molecule has 1 aliphatic rings. The quantitative estimate of drug-likeness (QED) is 0.436. The van der Waals surface area contributed by atoms with Crippen molar-refractivity contribution >= 4 is 11.8 Å². The highest BCUT2D eigenvalue weighted by molar-refractivity contribution is 6.01. The molecule has 2 aromatic carbocycles. The van der Waals surface area contributed by atoms with E-state index in [1.807, 2.05) is 0 Å². The fourth-order valence-electron chi connectivity index (χ4n) is 3.65. The van der Waals surface area contributed by atoms with E-state index >= 15 is 0 Å². The Morgan fingerprint density at radius 1 is 1.00 bits per heavy atom. The number of nitrogens with one attached hydrogen (secondary N) is 2. The zero-order valence-corrected chi connectivity index (χ0v) is 20.0. The number of carbonyl (C=O) groups excluding carboxylic acids is 2. The maximum Gasteiger partial charge on any atom is 0.420 e. The summed E-state index contributed by atoms with van der Waals surface area (Å²) in [6.07, 6.45) is -2.14. The van der Waals surface area contributed by atoms with Gasteiger partial charge in [0.2, 0.25) is 11.8 Å². The molecule has 2 amide bonds. The van der Waals surface area contributed by atoms with E-state index < -0.39 is 23.2 Å². The molecule has 11 heteroatoms. The molecular weight excluding hydrogens is 491 g/mol. The molecule has 0 spiro atoms. The van der Waals surface area contributed by atoms with Gasteiger partial charge in [-0.05, 0) is 60.9 Å². The number of carbonyl (C=O) groups is 2. The smallest absolute Gasteiger partial charge is 0.420 e. The van der Waals surface area contributed by atoms with Gasteiger partial charge in [-0.3, -0.25) is 9.59 Å². The normalized spacial score (nSPS) is 13.9. The highest BCUT2D eigenvalue weighted by Crippen LogP contribution is 2.40. The number of halogens is 3. The van der Waals surface area contributed by atoms with Crippen LogP contribution < -0.4 is 24.8 Å². The molecule has 1 aliphatic carbocycles. The number of hydrogen-bond donors (Lipinski definition) is 2. The topological polar surface area (TPSA) is 98.8 Å². The molecule has 0 atom stereocenters. The Kier molecular flexibility index (Phi) is 7.23. The van der Waals surface area contributed by atoms with E-state index in [4.69, 9.17) is 14.2 Å². The Labute approximate surface area is 210 Å². The van der Waals surface area contributed by atoms with Crippen LogP contribution in [0.3, 0.4) is 0 Å². The van der Waals surface area contributed by atoms with Crippen molar-refractivity contribution in [1.82, 2.24) is 15.6 Å². The maximum absolute atomic E-state index is 13.4. The Balaban J connectivity index is 1.36. The Bertz CT molecular complexity index is 1290. The van der Waals surface area contributed by atoms with E-state index in [1.165, 1.54) is 44.7 Å². The van der Waals surface area contributed by atoms with E-state index in [2.05, 4.69) is 15.6 Å². The molecule has 1 fully saturated rings. The summed E-state index contributed by atoms with van der Waals surface area (Å²) in [6.45, 7) is 0.156. The third-order valence-electron chi connectivity index (χ3n) is 5.84. The van der Waals surface area contributed by atoms with Gasteiger partial charge in [0.15, 0.2) is 0 Å². The van der Waals surface area contributed by atoms with Crippen molar-refractivity contribution in [1.29, 1.82) is 0 Å². The monoisotopic (exact) mass is 515 g/mol. The lowest BCUT2D eigenvalue weighted by atomic mass is 10.1. The van der Waals surface area contributed by atoms with Crippen molar-refractivity contribution in [2.45, 2.75) is 31.1 Å². The van der Waals surface area contributed by atoms with Crippen LogP contribution in [0.25, 0.3) is 0 Å². The summed E-state index contributed by atoms with van der Waals surface area (Å²) in [5.74, 6) is -0.730. The summed E-state index contributed by atoms with van der Waals surface area (Å²) in [5.41, 5.74) is -1.04. The molecule has 194 valence electrons. The Hall–Kier alpha value is -4.28. The van der Waals surface area contributed by atoms with Crippen molar-refractivity contribution in [3.63, 3.8) is 0 Å². The van der Waals surface area contributed by atoms with Crippen molar-refractivity contribution in [2.24, 2.45) is 0 Å². The fraction of sp³-hybridized carbons (Fsp3) is 0.269. The first-order valence-corrected chi connectivity index (χ1v) is 11.3. The largest absolute Gasteiger partial charge is 0.497 e. The SMILES string of the molecule is COc1ccc(Oc2ccc(CNC(=O)C3(NC(=O)c4cccnc4OC)CC3)cc2)c(C(F)(F)F)c1. The van der Waals surface area contributed by atoms with Crippen LogP contribution in [0.1, 0.15) is 34.3 Å². The molecule has 0 radical (unpaired) electrons. The predicted molar refractivity (Wildman–Crippen MR) is 127 cm³/mol. The van der Waals surface area contributed by atoms with Gasteiger partial charge < -0.3 is 24.8 Å². The molecule has 1 aromatic heterocycles. The molecule has 0 bridgehead atoms. The molecule has 3 aromatic rings. The molecule has 0 unspecified atom stereocenters. The highest BCUT2D eigenvalue weighted by atomic mass is 19.4. The molecule has 4 rings (SSSR count). The maximum atomic E-state index is 13.4. The summed E-state index contributed by atoms with van der Waals surface area (Å²) in [6, 6.07) is 12.9. The molecule has 1 saturated carbocycles. The second-order valence-corrected chi connectivity index (χ2v) is 8.39. The summed E-state index contributed by atoms with van der Waals surface area (Å²) < 4.78 is 55.7. The number of methoxy groups -OCH3 is 2. The van der Waals surface area contributed by atoms with Crippen LogP contribution in [0.2, 0.25) is 0 Å². The van der Waals surface area contributed by atoms with E-state index in [0.29, 0.717) is 18.4 Å². The second-order valence-electron chi connectivity index (χ2n) is 8.39. The van der Waals surface area contributed by atoms with Gasteiger partial charge in [-0.1, -0.05) is 12.1 Å². The van der Waals surface area contributed by atoms with Crippen molar-refractivity contribution in [3.8, 4) is 23.1 Å². The van der Waals surface area contributed by atoms with Crippen LogP contribution >= 0.6 is 0 Å². The number of benzene rings is 2. The summed E-state index contributed by atoms with van der Waals surface area (Å²) in [5, 5.41) is 5.56. The van der Waals surface area contributed by atoms with E-state index in [1.54, 1.807) is 24.3 Å². The highest BCUT2D eigenvalue weighted by Gasteiger charge is 2.51. The number of nitrogens with zero attached hydrogens (tertiary/aromatic N) is 1. The van der Waals surface area contributed by atoms with Gasteiger partial charge >= 0.3 is 6.18 Å². The molecular formula is C26H24F3N3O5. The first kappa shape index (κ1) is 25.8. The van der Waals surface area contributed by atoms with E-state index in [9.17, 15) is 22.8 Å². The van der Waals surface area contributed by atoms with Crippen LogP contribution in [0.5, 0.6) is 23.1 Å². The third kappa shape index (κ3) is 5.93. The number of rotatable bonds is 9. The number of pyridine rings is 1. The standard InChI is InChI=1S/C26H24F3N3O5/c1-35-18-9-10-21(20(14-18)26(27,28)29)37-17-7-5-16(6-8-17)15-31-24(34)25(11-12-25)32-22(33)19-4-3-13-30-23(19)36-2/h3-10,13-14H,11-12,15H2,1-2H3,(H,31,34)(H,32,33). The zero-order chi connectivity index (χ0) is 26.6. The second kappa shape index (κ2) is 10.4. The minimum Gasteiger partial charge on any atom is -0.497 e. The summed E-state index contributed by atoms with van der Waals surface area (Å²) >= 11 is 0. The zero-order valence-electron chi connectivity index (χ0n) is 20.0. The van der Waals surface area contributed by atoms with Gasteiger partial charge in [0, 0.05) is 12.7 Å². The number of aromatic nitrogens is 1. The molecule has 1 heterocycles. The van der Waals surface area contributed by atoms with Crippen molar-refractivity contribution in [2.75, 3.05) is 14.2 Å². The Morgan fingerprint density at radius 3 is 2.32 bits per heavy atom. The first-order chi connectivity index (χ1) is 17.6. The lowest BCUT2D eigenvalue weighted by Crippen LogP contribution is -2.48. The van der Waals surface area contributed by atoms with Gasteiger partial charge in [-0.25, -0.2) is 4.98 Å². The van der Waals surface area contributed by atoms with Gasteiger partial charge in [-0.15, -0.1) is 0 Å². The van der Waals surface area contributed by atoms with Crippen LogP contribution in [0.4, 0.5) is 13.2 Å². The fourth-order valence-corrected chi connectivity index (χ4v) is 3.65. The number of amides is 2. The number of alkyl halides is 3. The number of hydrogen-bond acceptors (Lipinski definition) is 6. The lowest BCUT2D eigenvalue weighted by molar-refractivity contribution is -0.138. The van der Waals surface area contributed by atoms with Crippen LogP contribution in [0.15, 0.2) is 60.8 Å². The minimum atomic E-state index is -4.62. The summed E-state index contributed by atoms with van der Waals surface area (Å²) in [4.78, 5) is 29.5. The van der Waals surface area contributed by atoms with Crippen LogP contribution in [-0.2, 0) is 17.5 Å². The van der Waals surface area contributed by atoms with Gasteiger partial charge in [-0.2, -0.15) is 13.2 Å². The van der Waals surface area contributed by atoms with Crippen molar-refractivity contribution < 1.29 is 37.0 Å². The molecule has 8 nitrogen and oxygen atoms in total. The lowest BCUT2D eigenvalue weighted by Gasteiger charge is -2.18. The summed E-state index contributed by atoms with van der Waals surface area (Å²) in [7, 11) is 2.69. The molecule has 37 heavy (non-hydrogen) atoms. The van der Waals surface area contributed by atoms with Gasteiger partial charge in [0.1, 0.15) is 33.9 Å². The van der Waals surface area contributed by atoms with Crippen molar-refractivity contribution in [3.05, 3.63) is 77.5 Å².